The normalized spacial score (nSPS) is 16.0. The van der Waals surface area contributed by atoms with Crippen molar-refractivity contribution in [3.05, 3.63) is 39.8 Å². The van der Waals surface area contributed by atoms with E-state index in [-0.39, 0.29) is 12.0 Å². The smallest absolute Gasteiger partial charge is 0.284 e. The van der Waals surface area contributed by atoms with E-state index in [1.54, 1.807) is 4.90 Å². The van der Waals surface area contributed by atoms with Gasteiger partial charge in [-0.05, 0) is 23.7 Å². The van der Waals surface area contributed by atoms with E-state index in [0.717, 1.165) is 29.9 Å². The number of hydrogen-bond acceptors (Lipinski definition) is 5. The van der Waals surface area contributed by atoms with Gasteiger partial charge in [0, 0.05) is 25.9 Å². The number of aromatic nitrogens is 2. The summed E-state index contributed by atoms with van der Waals surface area (Å²) in [5.74, 6) is 0.774. The molecule has 2 aromatic rings. The van der Waals surface area contributed by atoms with Crippen LogP contribution in [0.1, 0.15) is 22.6 Å². The SMILES string of the molecule is O=C(c1nnc(Cl)s1)N1CCC(Oc2ccccc2)CC1. The van der Waals surface area contributed by atoms with Crippen LogP contribution in [0.3, 0.4) is 0 Å². The molecule has 1 aliphatic heterocycles. The van der Waals surface area contributed by atoms with Crippen LogP contribution in [0.2, 0.25) is 4.47 Å². The average Bonchev–Trinajstić information content (AvgIpc) is 2.95. The summed E-state index contributed by atoms with van der Waals surface area (Å²) < 4.78 is 6.20. The maximum Gasteiger partial charge on any atom is 0.284 e. The Morgan fingerprint density at radius 3 is 2.57 bits per heavy atom. The largest absolute Gasteiger partial charge is 0.490 e. The number of nitrogens with zero attached hydrogens (tertiary/aromatic N) is 3. The molecule has 0 N–H and O–H groups in total. The first kappa shape index (κ1) is 14.3. The highest BCUT2D eigenvalue weighted by Crippen LogP contribution is 2.21. The Labute approximate surface area is 131 Å². The Hall–Kier alpha value is -1.66. The first-order valence-corrected chi connectivity index (χ1v) is 7.92. The predicted octanol–water partition coefficient (Wildman–Crippen LogP) is 2.88. The molecule has 0 atom stereocenters. The summed E-state index contributed by atoms with van der Waals surface area (Å²) >= 11 is 6.82. The number of para-hydroxylation sites is 1. The number of likely N-dealkylation sites (tertiary alicyclic amines) is 1. The minimum Gasteiger partial charge on any atom is -0.490 e. The Morgan fingerprint density at radius 2 is 1.95 bits per heavy atom. The summed E-state index contributed by atoms with van der Waals surface area (Å²) in [5.41, 5.74) is 0. The number of benzene rings is 1. The van der Waals surface area contributed by atoms with Gasteiger partial charge in [0.05, 0.1) is 0 Å². The van der Waals surface area contributed by atoms with Gasteiger partial charge in [0.25, 0.3) is 5.91 Å². The van der Waals surface area contributed by atoms with Crippen LogP contribution >= 0.6 is 22.9 Å². The van der Waals surface area contributed by atoms with Crippen LogP contribution in [0, 0.1) is 0 Å². The van der Waals surface area contributed by atoms with Gasteiger partial charge in [-0.3, -0.25) is 4.79 Å². The molecule has 0 unspecified atom stereocenters. The fourth-order valence-electron chi connectivity index (χ4n) is 2.30. The minimum atomic E-state index is -0.0995. The molecule has 1 amide bonds. The molecule has 0 spiro atoms. The Morgan fingerprint density at radius 1 is 1.24 bits per heavy atom. The third-order valence-corrected chi connectivity index (χ3v) is 4.37. The lowest BCUT2D eigenvalue weighted by Gasteiger charge is -2.31. The van der Waals surface area contributed by atoms with Gasteiger partial charge in [0.2, 0.25) is 9.47 Å². The molecule has 110 valence electrons. The van der Waals surface area contributed by atoms with Crippen molar-refractivity contribution >= 4 is 28.8 Å². The van der Waals surface area contributed by atoms with Crippen LogP contribution in [0.15, 0.2) is 30.3 Å². The van der Waals surface area contributed by atoms with Crippen molar-refractivity contribution in [1.29, 1.82) is 0 Å². The molecular weight excluding hydrogens is 310 g/mol. The molecule has 7 heteroatoms. The Balaban J connectivity index is 1.54. The van der Waals surface area contributed by atoms with Crippen molar-refractivity contribution in [2.24, 2.45) is 0 Å². The molecule has 21 heavy (non-hydrogen) atoms. The van der Waals surface area contributed by atoms with Crippen LogP contribution in [0.4, 0.5) is 0 Å². The van der Waals surface area contributed by atoms with Crippen LogP contribution in [0.25, 0.3) is 0 Å². The molecule has 0 aliphatic carbocycles. The number of carbonyl (C=O) groups is 1. The molecule has 1 aromatic carbocycles. The van der Waals surface area contributed by atoms with Gasteiger partial charge < -0.3 is 9.64 Å². The van der Waals surface area contributed by atoms with Crippen molar-refractivity contribution in [2.75, 3.05) is 13.1 Å². The number of hydrogen-bond donors (Lipinski definition) is 0. The molecule has 0 bridgehead atoms. The van der Waals surface area contributed by atoms with Gasteiger partial charge in [-0.15, -0.1) is 10.2 Å². The second kappa shape index (κ2) is 6.41. The van der Waals surface area contributed by atoms with Crippen LogP contribution in [-0.4, -0.2) is 40.2 Å². The monoisotopic (exact) mass is 323 g/mol. The van der Waals surface area contributed by atoms with Crippen LogP contribution < -0.4 is 4.74 Å². The highest BCUT2D eigenvalue weighted by Gasteiger charge is 2.26. The number of halogens is 1. The van der Waals surface area contributed by atoms with Crippen LogP contribution in [-0.2, 0) is 0 Å². The first-order valence-electron chi connectivity index (χ1n) is 6.72. The standard InChI is InChI=1S/C14H14ClN3O2S/c15-14-17-16-12(21-14)13(19)18-8-6-11(7-9-18)20-10-4-2-1-3-5-10/h1-5,11H,6-9H2. The number of ether oxygens (including phenoxy) is 1. The number of rotatable bonds is 3. The van der Waals surface area contributed by atoms with Crippen LogP contribution in [0.5, 0.6) is 5.75 Å². The van der Waals surface area contributed by atoms with E-state index in [9.17, 15) is 4.79 Å². The first-order chi connectivity index (χ1) is 10.2. The van der Waals surface area contributed by atoms with Gasteiger partial charge in [-0.25, -0.2) is 0 Å². The van der Waals surface area contributed by atoms with E-state index >= 15 is 0 Å². The van der Waals surface area contributed by atoms with E-state index < -0.39 is 0 Å². The van der Waals surface area contributed by atoms with Crippen molar-refractivity contribution in [3.63, 3.8) is 0 Å². The predicted molar refractivity (Wildman–Crippen MR) is 80.9 cm³/mol. The van der Waals surface area contributed by atoms with Gasteiger partial charge in [-0.1, -0.05) is 29.5 Å². The maximum atomic E-state index is 12.2. The molecule has 2 heterocycles. The lowest BCUT2D eigenvalue weighted by atomic mass is 10.1. The molecule has 0 saturated carbocycles. The summed E-state index contributed by atoms with van der Waals surface area (Å²) in [7, 11) is 0. The molecule has 0 radical (unpaired) electrons. The molecule has 1 saturated heterocycles. The van der Waals surface area contributed by atoms with Gasteiger partial charge in [-0.2, -0.15) is 0 Å². The summed E-state index contributed by atoms with van der Waals surface area (Å²) in [4.78, 5) is 14.0. The fraction of sp³-hybridized carbons (Fsp3) is 0.357. The molecule has 1 aliphatic rings. The van der Waals surface area contributed by atoms with Crippen molar-refractivity contribution in [1.82, 2.24) is 15.1 Å². The molecular formula is C14H14ClN3O2S. The number of carbonyl (C=O) groups excluding carboxylic acids is 1. The highest BCUT2D eigenvalue weighted by molar-refractivity contribution is 7.17. The lowest BCUT2D eigenvalue weighted by molar-refractivity contribution is 0.0594. The van der Waals surface area contributed by atoms with Crippen molar-refractivity contribution < 1.29 is 9.53 Å². The maximum absolute atomic E-state index is 12.2. The number of amides is 1. The zero-order valence-corrected chi connectivity index (χ0v) is 12.8. The van der Waals surface area contributed by atoms with Crippen molar-refractivity contribution in [3.8, 4) is 5.75 Å². The van der Waals surface area contributed by atoms with Crippen molar-refractivity contribution in [2.45, 2.75) is 18.9 Å². The zero-order chi connectivity index (χ0) is 14.7. The molecule has 1 fully saturated rings. The Kier molecular flexibility index (Phi) is 4.36. The van der Waals surface area contributed by atoms with E-state index in [0.29, 0.717) is 22.6 Å². The van der Waals surface area contributed by atoms with E-state index in [1.807, 2.05) is 30.3 Å². The second-order valence-corrected chi connectivity index (χ2v) is 6.34. The summed E-state index contributed by atoms with van der Waals surface area (Å²) in [6.07, 6.45) is 1.77. The average molecular weight is 324 g/mol. The topological polar surface area (TPSA) is 55.3 Å². The highest BCUT2D eigenvalue weighted by atomic mass is 35.5. The summed E-state index contributed by atoms with van der Waals surface area (Å²) in [5, 5.41) is 7.81. The third-order valence-electron chi connectivity index (χ3n) is 3.36. The Bertz CT molecular complexity index is 612. The molecule has 3 rings (SSSR count). The lowest BCUT2D eigenvalue weighted by Crippen LogP contribution is -2.41. The molecule has 5 nitrogen and oxygen atoms in total. The minimum absolute atomic E-state index is 0.0995. The van der Waals surface area contributed by atoms with Gasteiger partial charge in [0.1, 0.15) is 11.9 Å². The zero-order valence-electron chi connectivity index (χ0n) is 11.2. The third kappa shape index (κ3) is 3.51. The van der Waals surface area contributed by atoms with E-state index in [4.69, 9.17) is 16.3 Å². The van der Waals surface area contributed by atoms with E-state index in [2.05, 4.69) is 10.2 Å². The van der Waals surface area contributed by atoms with Gasteiger partial charge in [0.15, 0.2) is 0 Å². The quantitative estimate of drug-likeness (QED) is 0.871. The summed E-state index contributed by atoms with van der Waals surface area (Å²) in [6, 6.07) is 9.75. The van der Waals surface area contributed by atoms with Gasteiger partial charge >= 0.3 is 0 Å². The fourth-order valence-corrected chi connectivity index (χ4v) is 3.09. The second-order valence-electron chi connectivity index (χ2n) is 4.78. The van der Waals surface area contributed by atoms with E-state index in [1.165, 1.54) is 0 Å². The molecule has 1 aromatic heterocycles. The summed E-state index contributed by atoms with van der Waals surface area (Å²) in [6.45, 7) is 1.32. The number of piperidine rings is 1.